The number of aryl methyl sites for hydroxylation is 1. The number of hydrogen-bond acceptors (Lipinski definition) is 7. The van der Waals surface area contributed by atoms with Crippen molar-refractivity contribution in [2.45, 2.75) is 13.5 Å². The van der Waals surface area contributed by atoms with Gasteiger partial charge in [0.1, 0.15) is 18.1 Å². The normalized spacial score (nSPS) is 10.5. The van der Waals surface area contributed by atoms with Crippen LogP contribution >= 0.6 is 11.3 Å². The van der Waals surface area contributed by atoms with Crippen LogP contribution in [-0.2, 0) is 11.3 Å². The van der Waals surface area contributed by atoms with Gasteiger partial charge in [0.2, 0.25) is 0 Å². The average Bonchev–Trinajstić information content (AvgIpc) is 3.22. The van der Waals surface area contributed by atoms with Crippen LogP contribution in [0.1, 0.15) is 21.2 Å². The molecule has 0 saturated carbocycles. The van der Waals surface area contributed by atoms with Crippen molar-refractivity contribution in [3.05, 3.63) is 52.1 Å². The van der Waals surface area contributed by atoms with E-state index in [1.165, 1.54) is 11.3 Å². The molecule has 0 aliphatic rings. The molecule has 0 spiro atoms. The maximum atomic E-state index is 11.8. The molecule has 3 aromatic rings. The molecular formula is C16H14N2O4S. The van der Waals surface area contributed by atoms with E-state index in [1.807, 2.05) is 31.2 Å². The highest BCUT2D eigenvalue weighted by atomic mass is 32.1. The molecular weight excluding hydrogens is 316 g/mol. The molecule has 3 rings (SSSR count). The fraction of sp³-hybridized carbons (Fsp3) is 0.188. The maximum Gasteiger partial charge on any atom is 0.358 e. The highest BCUT2D eigenvalue weighted by Crippen LogP contribution is 2.23. The number of benzene rings is 1. The molecule has 7 heteroatoms. The summed E-state index contributed by atoms with van der Waals surface area (Å²) in [6.07, 6.45) is 0. The van der Waals surface area contributed by atoms with Gasteiger partial charge < -0.3 is 14.0 Å². The lowest BCUT2D eigenvalue weighted by atomic mass is 10.1. The van der Waals surface area contributed by atoms with Gasteiger partial charge in [0.05, 0.1) is 12.1 Å². The SMILES string of the molecule is COc1ccc(-c2cc(COC(=O)c3csc(C)n3)no2)cc1. The van der Waals surface area contributed by atoms with Crippen LogP contribution in [-0.4, -0.2) is 23.2 Å². The maximum absolute atomic E-state index is 11.8. The molecule has 0 atom stereocenters. The first-order valence-electron chi connectivity index (χ1n) is 6.85. The molecule has 118 valence electrons. The number of carbonyl (C=O) groups excluding carboxylic acids is 1. The summed E-state index contributed by atoms with van der Waals surface area (Å²) < 4.78 is 15.6. The van der Waals surface area contributed by atoms with Crippen molar-refractivity contribution in [3.63, 3.8) is 0 Å². The standard InChI is InChI=1S/C16H14N2O4S/c1-10-17-14(9-23-10)16(19)21-8-12-7-15(22-18-12)11-3-5-13(20-2)6-4-11/h3-7,9H,8H2,1-2H3. The topological polar surface area (TPSA) is 74.5 Å². The predicted molar refractivity (Wildman–Crippen MR) is 84.5 cm³/mol. The lowest BCUT2D eigenvalue weighted by Gasteiger charge is -1.99. The second-order valence-corrected chi connectivity index (χ2v) is 5.80. The third kappa shape index (κ3) is 3.57. The van der Waals surface area contributed by atoms with Crippen molar-refractivity contribution in [2.24, 2.45) is 0 Å². The molecule has 0 amide bonds. The highest BCUT2D eigenvalue weighted by Gasteiger charge is 2.13. The zero-order valence-corrected chi connectivity index (χ0v) is 13.4. The molecule has 6 nitrogen and oxygen atoms in total. The van der Waals surface area contributed by atoms with Gasteiger partial charge in [-0.05, 0) is 31.2 Å². The van der Waals surface area contributed by atoms with Gasteiger partial charge in [0.15, 0.2) is 11.5 Å². The van der Waals surface area contributed by atoms with Gasteiger partial charge in [-0.25, -0.2) is 9.78 Å². The Morgan fingerprint density at radius 3 is 2.74 bits per heavy atom. The average molecular weight is 330 g/mol. The van der Waals surface area contributed by atoms with Crippen LogP contribution in [0.5, 0.6) is 5.75 Å². The zero-order valence-electron chi connectivity index (χ0n) is 12.6. The van der Waals surface area contributed by atoms with Gasteiger partial charge in [-0.1, -0.05) is 5.16 Å². The Morgan fingerprint density at radius 2 is 2.09 bits per heavy atom. The van der Waals surface area contributed by atoms with Crippen molar-refractivity contribution in [3.8, 4) is 17.1 Å². The first kappa shape index (κ1) is 15.2. The molecule has 0 aliphatic carbocycles. The van der Waals surface area contributed by atoms with E-state index >= 15 is 0 Å². The Morgan fingerprint density at radius 1 is 1.30 bits per heavy atom. The predicted octanol–water partition coefficient (Wildman–Crippen LogP) is 3.47. The third-order valence-electron chi connectivity index (χ3n) is 3.11. The quantitative estimate of drug-likeness (QED) is 0.667. The third-order valence-corrected chi connectivity index (χ3v) is 3.89. The highest BCUT2D eigenvalue weighted by molar-refractivity contribution is 7.09. The van der Waals surface area contributed by atoms with E-state index in [0.29, 0.717) is 17.1 Å². The van der Waals surface area contributed by atoms with Crippen molar-refractivity contribution in [1.82, 2.24) is 10.1 Å². The summed E-state index contributed by atoms with van der Waals surface area (Å²) in [5.41, 5.74) is 1.72. The minimum Gasteiger partial charge on any atom is -0.497 e. The second-order valence-electron chi connectivity index (χ2n) is 4.74. The van der Waals surface area contributed by atoms with Crippen LogP contribution in [0.4, 0.5) is 0 Å². The van der Waals surface area contributed by atoms with E-state index in [9.17, 15) is 4.79 Å². The number of rotatable bonds is 5. The summed E-state index contributed by atoms with van der Waals surface area (Å²) in [5.74, 6) is 0.896. The monoisotopic (exact) mass is 330 g/mol. The van der Waals surface area contributed by atoms with Crippen molar-refractivity contribution in [2.75, 3.05) is 7.11 Å². The lowest BCUT2D eigenvalue weighted by Crippen LogP contribution is -2.05. The van der Waals surface area contributed by atoms with Crippen LogP contribution in [0.2, 0.25) is 0 Å². The fourth-order valence-electron chi connectivity index (χ4n) is 1.94. The van der Waals surface area contributed by atoms with Crippen LogP contribution < -0.4 is 4.74 Å². The van der Waals surface area contributed by atoms with Crippen LogP contribution in [0.3, 0.4) is 0 Å². The van der Waals surface area contributed by atoms with Gasteiger partial charge in [-0.15, -0.1) is 11.3 Å². The summed E-state index contributed by atoms with van der Waals surface area (Å²) in [6.45, 7) is 1.87. The van der Waals surface area contributed by atoms with E-state index in [0.717, 1.165) is 16.3 Å². The summed E-state index contributed by atoms with van der Waals surface area (Å²) in [7, 11) is 1.61. The molecule has 0 aliphatic heterocycles. The van der Waals surface area contributed by atoms with Crippen molar-refractivity contribution in [1.29, 1.82) is 0 Å². The van der Waals surface area contributed by atoms with Gasteiger partial charge >= 0.3 is 5.97 Å². The first-order chi connectivity index (χ1) is 11.2. The van der Waals surface area contributed by atoms with Crippen molar-refractivity contribution >= 4 is 17.3 Å². The number of hydrogen-bond donors (Lipinski definition) is 0. The summed E-state index contributed by atoms with van der Waals surface area (Å²) in [4.78, 5) is 15.9. The molecule has 0 bridgehead atoms. The molecule has 0 saturated heterocycles. The molecule has 0 N–H and O–H groups in total. The van der Waals surface area contributed by atoms with E-state index in [2.05, 4.69) is 10.1 Å². The van der Waals surface area contributed by atoms with E-state index in [4.69, 9.17) is 14.0 Å². The number of thiazole rings is 1. The smallest absolute Gasteiger partial charge is 0.358 e. The molecule has 1 aromatic carbocycles. The van der Waals surface area contributed by atoms with E-state index in [1.54, 1.807) is 18.6 Å². The number of ether oxygens (including phenoxy) is 2. The summed E-state index contributed by atoms with van der Waals surface area (Å²) in [5, 5.41) is 6.39. The van der Waals surface area contributed by atoms with E-state index in [-0.39, 0.29) is 6.61 Å². The van der Waals surface area contributed by atoms with Gasteiger partial charge in [0.25, 0.3) is 0 Å². The number of carbonyl (C=O) groups is 1. The van der Waals surface area contributed by atoms with Crippen molar-refractivity contribution < 1.29 is 18.8 Å². The number of methoxy groups -OCH3 is 1. The summed E-state index contributed by atoms with van der Waals surface area (Å²) in [6, 6.07) is 9.14. The Balaban J connectivity index is 1.63. The first-order valence-corrected chi connectivity index (χ1v) is 7.73. The Kier molecular flexibility index (Phi) is 4.38. The van der Waals surface area contributed by atoms with Gasteiger partial charge in [0, 0.05) is 17.0 Å². The fourth-order valence-corrected chi connectivity index (χ4v) is 2.52. The van der Waals surface area contributed by atoms with Crippen LogP contribution in [0.15, 0.2) is 40.2 Å². The molecule has 23 heavy (non-hydrogen) atoms. The number of aromatic nitrogens is 2. The Labute approximate surface area is 136 Å². The Bertz CT molecular complexity index is 808. The molecule has 2 aromatic heterocycles. The van der Waals surface area contributed by atoms with E-state index < -0.39 is 5.97 Å². The number of esters is 1. The molecule has 0 radical (unpaired) electrons. The minimum atomic E-state index is -0.469. The summed E-state index contributed by atoms with van der Waals surface area (Å²) >= 11 is 1.40. The van der Waals surface area contributed by atoms with Crippen LogP contribution in [0.25, 0.3) is 11.3 Å². The lowest BCUT2D eigenvalue weighted by molar-refractivity contribution is 0.0458. The molecule has 2 heterocycles. The molecule has 0 fully saturated rings. The van der Waals surface area contributed by atoms with Gasteiger partial charge in [-0.3, -0.25) is 0 Å². The zero-order chi connectivity index (χ0) is 16.2. The Hall–Kier alpha value is -2.67. The molecule has 0 unspecified atom stereocenters. The van der Waals surface area contributed by atoms with Gasteiger partial charge in [-0.2, -0.15) is 0 Å². The second kappa shape index (κ2) is 6.62. The van der Waals surface area contributed by atoms with Crippen LogP contribution in [0, 0.1) is 6.92 Å². The number of nitrogens with zero attached hydrogens (tertiary/aromatic N) is 2. The largest absolute Gasteiger partial charge is 0.497 e. The minimum absolute atomic E-state index is 0.0368.